The van der Waals surface area contributed by atoms with Gasteiger partial charge in [-0.25, -0.2) is 0 Å². The van der Waals surface area contributed by atoms with E-state index in [2.05, 4.69) is 59.9 Å². The number of hydrogen-bond donors (Lipinski definition) is 5. The van der Waals surface area contributed by atoms with E-state index < -0.39 is 5.97 Å². The van der Waals surface area contributed by atoms with Gasteiger partial charge in [-0.15, -0.1) is 0 Å². The number of ether oxygens (including phenoxy) is 1. The number of carbonyl (C=O) groups excluding carboxylic acids is 1. The van der Waals surface area contributed by atoms with E-state index in [1.165, 1.54) is 50.5 Å². The fourth-order valence-electron chi connectivity index (χ4n) is 10.2. The summed E-state index contributed by atoms with van der Waals surface area (Å²) in [4.78, 5) is 23.2. The van der Waals surface area contributed by atoms with Crippen molar-refractivity contribution in [1.82, 2.24) is 5.32 Å². The minimum Gasteiger partial charge on any atom is -0.481 e. The van der Waals surface area contributed by atoms with E-state index in [4.69, 9.17) is 25.8 Å². The van der Waals surface area contributed by atoms with Crippen molar-refractivity contribution >= 4 is 11.9 Å². The molecule has 0 amide bonds. The molecule has 4 aliphatic carbocycles. The molecule has 0 heterocycles. The van der Waals surface area contributed by atoms with Gasteiger partial charge in [0, 0.05) is 6.67 Å². The fourth-order valence-corrected chi connectivity index (χ4v) is 10.2. The number of hydrogen-bond acceptors (Lipinski definition) is 7. The summed E-state index contributed by atoms with van der Waals surface area (Å²) in [5, 5.41) is 28.3. The number of esters is 1. The molecular weight excluding hydrogens is 580 g/mol. The first kappa shape index (κ1) is 38.7. The second-order valence-electron chi connectivity index (χ2n) is 15.6. The third-order valence-corrected chi connectivity index (χ3v) is 13.0. The molecule has 0 radical (unpaired) electrons. The zero-order valence-electron chi connectivity index (χ0n) is 29.9. The molecule has 9 atom stereocenters. The van der Waals surface area contributed by atoms with Gasteiger partial charge in [0.2, 0.25) is 0 Å². The molecule has 0 aromatic heterocycles. The molecule has 8 heteroatoms. The number of nitrogens with one attached hydrogen (secondary N) is 1. The number of fused-ring (bicyclic) bond motifs is 5. The topological polar surface area (TPSA) is 142 Å². The number of aliphatic hydroxyl groups is 2. The summed E-state index contributed by atoms with van der Waals surface area (Å²) >= 11 is 0. The number of carboxylic acid groups (broad SMARTS) is 1. The Morgan fingerprint density at radius 1 is 1.02 bits per heavy atom. The van der Waals surface area contributed by atoms with E-state index >= 15 is 0 Å². The Labute approximate surface area is 279 Å². The molecule has 3 saturated carbocycles. The largest absolute Gasteiger partial charge is 0.481 e. The monoisotopic (exact) mass is 646 g/mol. The fraction of sp³-hybridized carbons (Fsp3) is 0.842. The van der Waals surface area contributed by atoms with Crippen molar-refractivity contribution in [1.29, 1.82) is 0 Å². The van der Waals surface area contributed by atoms with Gasteiger partial charge in [-0.05, 0) is 124 Å². The summed E-state index contributed by atoms with van der Waals surface area (Å²) in [7, 11) is 0. The van der Waals surface area contributed by atoms with Crippen LogP contribution in [0.3, 0.4) is 0 Å². The molecule has 0 aliphatic heterocycles. The predicted octanol–water partition coefficient (Wildman–Crippen LogP) is 6.60. The highest BCUT2D eigenvalue weighted by atomic mass is 16.5. The van der Waals surface area contributed by atoms with Crippen LogP contribution in [-0.4, -0.2) is 59.3 Å². The summed E-state index contributed by atoms with van der Waals surface area (Å²) in [5.41, 5.74) is 10.7. The standard InChI is InChI=1S/C34H54O4.C4H12N2O2/c1-8-24(21(2)3)10-9-22(4)26-13-14-28-25-11-12-27-23(5)30(38-32(37)16-15-31(35)36)18-20-34(27,7)29(25)17-19-33(26,28)6;5-3-6-4(1-7)2-8/h11,22-23,26-30H,8-10,12-20H2,1-7H3,(H,35,36);4,6-8H,1-3,5H2. The number of carbonyl (C=O) groups is 2. The lowest BCUT2D eigenvalue weighted by Crippen LogP contribution is -2.53. The molecule has 0 bridgehead atoms. The molecule has 3 fully saturated rings. The van der Waals surface area contributed by atoms with Gasteiger partial charge < -0.3 is 25.8 Å². The van der Waals surface area contributed by atoms with E-state index in [0.717, 1.165) is 37.0 Å². The van der Waals surface area contributed by atoms with Crippen molar-refractivity contribution < 1.29 is 29.6 Å². The summed E-state index contributed by atoms with van der Waals surface area (Å²) < 4.78 is 5.85. The zero-order valence-corrected chi connectivity index (χ0v) is 29.9. The first-order valence-electron chi connectivity index (χ1n) is 18.2. The maximum Gasteiger partial charge on any atom is 0.306 e. The van der Waals surface area contributed by atoms with Crippen LogP contribution in [0.15, 0.2) is 22.8 Å². The minimum absolute atomic E-state index is 0.0267. The van der Waals surface area contributed by atoms with Gasteiger partial charge in [-0.1, -0.05) is 57.4 Å². The summed E-state index contributed by atoms with van der Waals surface area (Å²) in [6, 6.07) is -0.264. The van der Waals surface area contributed by atoms with E-state index in [0.29, 0.717) is 23.2 Å². The van der Waals surface area contributed by atoms with Crippen molar-refractivity contribution in [3.63, 3.8) is 0 Å². The average molecular weight is 647 g/mol. The van der Waals surface area contributed by atoms with E-state index in [-0.39, 0.29) is 56.3 Å². The lowest BCUT2D eigenvalue weighted by Gasteiger charge is -2.59. The molecule has 264 valence electrons. The smallest absolute Gasteiger partial charge is 0.306 e. The highest BCUT2D eigenvalue weighted by molar-refractivity contribution is 5.76. The van der Waals surface area contributed by atoms with E-state index in [9.17, 15) is 9.59 Å². The lowest BCUT2D eigenvalue weighted by atomic mass is 9.46. The highest BCUT2D eigenvalue weighted by Gasteiger charge is 2.59. The van der Waals surface area contributed by atoms with Crippen LogP contribution in [0.4, 0.5) is 0 Å². The van der Waals surface area contributed by atoms with E-state index in [1.54, 1.807) is 11.1 Å². The number of carboxylic acids is 1. The normalized spacial score (nSPS) is 33.8. The molecule has 46 heavy (non-hydrogen) atoms. The Bertz CT molecular complexity index is 1080. The van der Waals surface area contributed by atoms with Gasteiger partial charge in [0.05, 0.1) is 32.1 Å². The molecular formula is C38H66N2O6. The van der Waals surface area contributed by atoms with E-state index in [1.807, 2.05) is 0 Å². The molecule has 4 rings (SSSR count). The lowest BCUT2D eigenvalue weighted by molar-refractivity contribution is -0.163. The molecule has 8 nitrogen and oxygen atoms in total. The van der Waals surface area contributed by atoms with Crippen LogP contribution in [0, 0.1) is 46.3 Å². The van der Waals surface area contributed by atoms with Crippen molar-refractivity contribution in [3.05, 3.63) is 22.8 Å². The van der Waals surface area contributed by atoms with Gasteiger partial charge >= 0.3 is 11.9 Å². The van der Waals surface area contributed by atoms with Crippen LogP contribution >= 0.6 is 0 Å². The van der Waals surface area contributed by atoms with Crippen molar-refractivity contribution in [2.24, 2.45) is 52.1 Å². The van der Waals surface area contributed by atoms with Crippen LogP contribution in [0.1, 0.15) is 126 Å². The molecule has 0 aromatic carbocycles. The Balaban J connectivity index is 0.000000637. The molecule has 0 aromatic rings. The summed E-state index contributed by atoms with van der Waals surface area (Å²) in [6.45, 7) is 17.0. The van der Waals surface area contributed by atoms with Crippen molar-refractivity contribution in [3.8, 4) is 0 Å². The van der Waals surface area contributed by atoms with Gasteiger partial charge in [0.1, 0.15) is 6.10 Å². The zero-order chi connectivity index (χ0) is 34.2. The molecule has 6 N–H and O–H groups in total. The van der Waals surface area contributed by atoms with Crippen LogP contribution in [0.5, 0.6) is 0 Å². The average Bonchev–Trinajstić information content (AvgIpc) is 3.38. The third kappa shape index (κ3) is 8.64. The van der Waals surface area contributed by atoms with Crippen molar-refractivity contribution in [2.45, 2.75) is 138 Å². The van der Waals surface area contributed by atoms with Crippen LogP contribution in [0.2, 0.25) is 0 Å². The summed E-state index contributed by atoms with van der Waals surface area (Å²) in [5.74, 6) is 2.56. The third-order valence-electron chi connectivity index (χ3n) is 13.0. The number of nitrogens with two attached hydrogens (primary N) is 1. The minimum atomic E-state index is -0.942. The Morgan fingerprint density at radius 3 is 2.24 bits per heavy atom. The maximum absolute atomic E-state index is 12.3. The second kappa shape index (κ2) is 17.1. The summed E-state index contributed by atoms with van der Waals surface area (Å²) in [6.07, 6.45) is 14.7. The Hall–Kier alpha value is -1.74. The predicted molar refractivity (Wildman–Crippen MR) is 184 cm³/mol. The number of aliphatic hydroxyl groups excluding tert-OH is 2. The van der Waals surface area contributed by atoms with Gasteiger partial charge in [-0.3, -0.25) is 14.9 Å². The number of allylic oxidation sites excluding steroid dienone is 4. The highest BCUT2D eigenvalue weighted by Crippen LogP contribution is 2.67. The first-order chi connectivity index (χ1) is 21.8. The molecule has 0 spiro atoms. The maximum atomic E-state index is 12.3. The van der Waals surface area contributed by atoms with Gasteiger partial charge in [-0.2, -0.15) is 0 Å². The Morgan fingerprint density at radius 2 is 1.67 bits per heavy atom. The molecule has 4 aliphatic rings. The SMILES string of the molecule is CCC(CCC(C)C1CCC2C3=CCC4C(C)C(OC(=O)CCC(=O)O)CCC4(C)C3CCC21C)=C(C)C.NCNC(CO)CO. The number of rotatable bonds is 13. The van der Waals surface area contributed by atoms with Crippen molar-refractivity contribution in [2.75, 3.05) is 19.9 Å². The quantitative estimate of drug-likeness (QED) is 0.0857. The first-order valence-corrected chi connectivity index (χ1v) is 18.2. The van der Waals surface area contributed by atoms with Gasteiger partial charge in [0.15, 0.2) is 0 Å². The Kier molecular flexibility index (Phi) is 14.4. The molecule has 0 saturated heterocycles. The van der Waals surface area contributed by atoms with Gasteiger partial charge in [0.25, 0.3) is 0 Å². The van der Waals surface area contributed by atoms with Crippen LogP contribution in [0.25, 0.3) is 0 Å². The second-order valence-corrected chi connectivity index (χ2v) is 15.6. The van der Waals surface area contributed by atoms with Crippen LogP contribution < -0.4 is 11.1 Å². The molecule has 9 unspecified atom stereocenters. The van der Waals surface area contributed by atoms with Crippen LogP contribution in [-0.2, 0) is 14.3 Å². The number of aliphatic carboxylic acids is 1.